The third-order valence-corrected chi connectivity index (χ3v) is 2.12. The normalized spacial score (nSPS) is 10.1. The maximum Gasteiger partial charge on any atom is 0.348 e. The smallest absolute Gasteiger partial charge is 0.348 e. The lowest BCUT2D eigenvalue weighted by Gasteiger charge is -2.03. The molecular formula is C14H17NO4. The van der Waals surface area contributed by atoms with Crippen molar-refractivity contribution in [3.8, 4) is 11.8 Å². The zero-order valence-corrected chi connectivity index (χ0v) is 11.0. The number of nitriles is 1. The van der Waals surface area contributed by atoms with Crippen LogP contribution in [0.1, 0.15) is 19.4 Å². The number of esters is 1. The van der Waals surface area contributed by atoms with E-state index in [-0.39, 0.29) is 17.7 Å². The van der Waals surface area contributed by atoms with Gasteiger partial charge in [0.25, 0.3) is 0 Å². The number of rotatable bonds is 5. The first-order valence-electron chi connectivity index (χ1n) is 5.73. The molecule has 5 nitrogen and oxygen atoms in total. The quantitative estimate of drug-likeness (QED) is 0.459. The minimum Gasteiger partial charge on any atom is -0.494 e. The monoisotopic (exact) mass is 263 g/mol. The van der Waals surface area contributed by atoms with Crippen LogP contribution >= 0.6 is 0 Å². The van der Waals surface area contributed by atoms with Gasteiger partial charge in [0.1, 0.15) is 17.4 Å². The minimum absolute atomic E-state index is 0. The molecule has 0 bridgehead atoms. The van der Waals surface area contributed by atoms with Gasteiger partial charge in [-0.1, -0.05) is 12.1 Å². The molecule has 0 aromatic heterocycles. The predicted octanol–water partition coefficient (Wildman–Crippen LogP) is 1.73. The second-order valence-corrected chi connectivity index (χ2v) is 3.39. The molecule has 1 rings (SSSR count). The SMILES string of the molecule is CCOC(=O)/C(C#N)=C/c1ccc(OCC)cc1.O. The third kappa shape index (κ3) is 5.23. The summed E-state index contributed by atoms with van der Waals surface area (Å²) in [5, 5.41) is 8.88. The summed E-state index contributed by atoms with van der Waals surface area (Å²) in [5.74, 6) is 0.151. The van der Waals surface area contributed by atoms with Gasteiger partial charge in [0.15, 0.2) is 0 Å². The van der Waals surface area contributed by atoms with Crippen LogP contribution < -0.4 is 4.74 Å². The van der Waals surface area contributed by atoms with E-state index in [1.165, 1.54) is 6.08 Å². The molecule has 0 saturated carbocycles. The molecule has 0 aliphatic heterocycles. The lowest BCUT2D eigenvalue weighted by atomic mass is 10.1. The van der Waals surface area contributed by atoms with Gasteiger partial charge in [0.05, 0.1) is 13.2 Å². The average Bonchev–Trinajstić information content (AvgIpc) is 2.38. The predicted molar refractivity (Wildman–Crippen MR) is 71.4 cm³/mol. The molecule has 2 N–H and O–H groups in total. The summed E-state index contributed by atoms with van der Waals surface area (Å²) in [4.78, 5) is 11.4. The summed E-state index contributed by atoms with van der Waals surface area (Å²) < 4.78 is 10.1. The number of nitrogens with zero attached hydrogens (tertiary/aromatic N) is 1. The molecular weight excluding hydrogens is 246 g/mol. The molecule has 0 heterocycles. The fraction of sp³-hybridized carbons (Fsp3) is 0.286. The van der Waals surface area contributed by atoms with Gasteiger partial charge < -0.3 is 14.9 Å². The summed E-state index contributed by atoms with van der Waals surface area (Å²) in [5.41, 5.74) is 0.740. The lowest BCUT2D eigenvalue weighted by molar-refractivity contribution is -0.137. The maximum atomic E-state index is 11.4. The molecule has 0 aliphatic rings. The van der Waals surface area contributed by atoms with Crippen LogP contribution in [0.5, 0.6) is 5.75 Å². The third-order valence-electron chi connectivity index (χ3n) is 2.12. The fourth-order valence-corrected chi connectivity index (χ4v) is 1.34. The summed E-state index contributed by atoms with van der Waals surface area (Å²) in [6.07, 6.45) is 1.49. The van der Waals surface area contributed by atoms with Gasteiger partial charge in [-0.2, -0.15) is 5.26 Å². The zero-order valence-electron chi connectivity index (χ0n) is 11.0. The van der Waals surface area contributed by atoms with Crippen LogP contribution in [0.2, 0.25) is 0 Å². The van der Waals surface area contributed by atoms with Crippen LogP contribution in [0.25, 0.3) is 6.08 Å². The number of carbonyl (C=O) groups excluding carboxylic acids is 1. The zero-order chi connectivity index (χ0) is 13.4. The van der Waals surface area contributed by atoms with Crippen molar-refractivity contribution in [2.75, 3.05) is 13.2 Å². The van der Waals surface area contributed by atoms with Crippen molar-refractivity contribution in [3.63, 3.8) is 0 Å². The Morgan fingerprint density at radius 2 is 1.89 bits per heavy atom. The van der Waals surface area contributed by atoms with Gasteiger partial charge in [-0.15, -0.1) is 0 Å². The highest BCUT2D eigenvalue weighted by Gasteiger charge is 2.09. The van der Waals surface area contributed by atoms with E-state index in [1.54, 1.807) is 31.2 Å². The fourth-order valence-electron chi connectivity index (χ4n) is 1.34. The molecule has 1 aromatic carbocycles. The number of hydrogen-bond donors (Lipinski definition) is 0. The first-order chi connectivity index (χ1) is 8.71. The second-order valence-electron chi connectivity index (χ2n) is 3.39. The largest absolute Gasteiger partial charge is 0.494 e. The number of benzene rings is 1. The topological polar surface area (TPSA) is 90.8 Å². The van der Waals surface area contributed by atoms with Gasteiger partial charge in [0.2, 0.25) is 0 Å². The van der Waals surface area contributed by atoms with Crippen LogP contribution in [-0.4, -0.2) is 24.7 Å². The molecule has 0 amide bonds. The standard InChI is InChI=1S/C14H15NO3.H2O/c1-3-17-13-7-5-11(6-8-13)9-12(10-15)14(16)18-4-2;/h5-9H,3-4H2,1-2H3;1H2/b12-9+;. The van der Waals surface area contributed by atoms with Gasteiger partial charge >= 0.3 is 5.97 Å². The van der Waals surface area contributed by atoms with Gasteiger partial charge in [-0.3, -0.25) is 0 Å². The van der Waals surface area contributed by atoms with E-state index in [0.29, 0.717) is 6.61 Å². The highest BCUT2D eigenvalue weighted by Crippen LogP contribution is 2.14. The van der Waals surface area contributed by atoms with E-state index >= 15 is 0 Å². The molecule has 0 spiro atoms. The summed E-state index contributed by atoms with van der Waals surface area (Å²) >= 11 is 0. The van der Waals surface area contributed by atoms with Crippen molar-refractivity contribution < 1.29 is 19.7 Å². The minimum atomic E-state index is -0.603. The Kier molecular flexibility index (Phi) is 7.66. The van der Waals surface area contributed by atoms with Crippen molar-refractivity contribution in [3.05, 3.63) is 35.4 Å². The van der Waals surface area contributed by atoms with E-state index in [4.69, 9.17) is 14.7 Å². The van der Waals surface area contributed by atoms with Crippen molar-refractivity contribution in [2.45, 2.75) is 13.8 Å². The maximum absolute atomic E-state index is 11.4. The van der Waals surface area contributed by atoms with Crippen molar-refractivity contribution >= 4 is 12.0 Å². The summed E-state index contributed by atoms with van der Waals surface area (Å²) in [7, 11) is 0. The Labute approximate surface area is 112 Å². The van der Waals surface area contributed by atoms with Gasteiger partial charge in [-0.25, -0.2) is 4.79 Å². The molecule has 0 radical (unpaired) electrons. The Balaban J connectivity index is 0.00000324. The molecule has 0 unspecified atom stereocenters. The van der Waals surface area contributed by atoms with Crippen LogP contribution in [0, 0.1) is 11.3 Å². The van der Waals surface area contributed by atoms with Crippen LogP contribution in [0.15, 0.2) is 29.8 Å². The number of hydrogen-bond acceptors (Lipinski definition) is 4. The van der Waals surface area contributed by atoms with E-state index < -0.39 is 5.97 Å². The first-order valence-corrected chi connectivity index (χ1v) is 5.73. The Bertz CT molecular complexity index is 471. The molecule has 0 atom stereocenters. The average molecular weight is 263 g/mol. The Morgan fingerprint density at radius 3 is 2.37 bits per heavy atom. The van der Waals surface area contributed by atoms with Crippen LogP contribution in [-0.2, 0) is 9.53 Å². The van der Waals surface area contributed by atoms with E-state index in [1.807, 2.05) is 13.0 Å². The number of carbonyl (C=O) groups is 1. The molecule has 0 saturated heterocycles. The van der Waals surface area contributed by atoms with Crippen LogP contribution in [0.4, 0.5) is 0 Å². The lowest BCUT2D eigenvalue weighted by Crippen LogP contribution is -2.05. The molecule has 0 fully saturated rings. The molecule has 19 heavy (non-hydrogen) atoms. The molecule has 1 aromatic rings. The van der Waals surface area contributed by atoms with Gasteiger partial charge in [-0.05, 0) is 37.6 Å². The summed E-state index contributed by atoms with van der Waals surface area (Å²) in [6, 6.07) is 8.96. The molecule has 102 valence electrons. The van der Waals surface area contributed by atoms with Crippen molar-refractivity contribution in [1.82, 2.24) is 0 Å². The van der Waals surface area contributed by atoms with Gasteiger partial charge in [0, 0.05) is 0 Å². The highest BCUT2D eigenvalue weighted by molar-refractivity contribution is 5.97. The van der Waals surface area contributed by atoms with E-state index in [2.05, 4.69) is 0 Å². The second kappa shape index (κ2) is 8.72. The van der Waals surface area contributed by atoms with Crippen molar-refractivity contribution in [1.29, 1.82) is 5.26 Å². The first kappa shape index (κ1) is 16.7. The summed E-state index contributed by atoms with van der Waals surface area (Å²) in [6.45, 7) is 4.45. The van der Waals surface area contributed by atoms with E-state index in [0.717, 1.165) is 11.3 Å². The Hall–Kier alpha value is -2.32. The van der Waals surface area contributed by atoms with E-state index in [9.17, 15) is 4.79 Å². The Morgan fingerprint density at radius 1 is 1.26 bits per heavy atom. The number of ether oxygens (including phenoxy) is 2. The molecule has 5 heteroatoms. The van der Waals surface area contributed by atoms with Crippen LogP contribution in [0.3, 0.4) is 0 Å². The van der Waals surface area contributed by atoms with Crippen molar-refractivity contribution in [2.24, 2.45) is 0 Å². The highest BCUT2D eigenvalue weighted by atomic mass is 16.5. The molecule has 0 aliphatic carbocycles.